The molecule has 2 N–H and O–H groups in total. The average molecular weight is 318 g/mol. The number of aromatic nitrogens is 1. The smallest absolute Gasteiger partial charge is 0.220 e. The Morgan fingerprint density at radius 3 is 3.14 bits per heavy atom. The number of para-hydroxylation sites is 1. The fourth-order valence-electron chi connectivity index (χ4n) is 3.27. The van der Waals surface area contributed by atoms with E-state index in [1.807, 2.05) is 18.2 Å². The summed E-state index contributed by atoms with van der Waals surface area (Å²) in [6, 6.07) is 8.75. The Bertz CT molecular complexity index is 607. The van der Waals surface area contributed by atoms with Gasteiger partial charge in [0.05, 0.1) is 34.9 Å². The second kappa shape index (κ2) is 7.20. The molecule has 1 aromatic heterocycles. The highest BCUT2D eigenvalue weighted by atomic mass is 32.1. The number of nitrogens with one attached hydrogen (secondary N) is 2. The van der Waals surface area contributed by atoms with Crippen molar-refractivity contribution >= 4 is 27.5 Å². The molecule has 0 aliphatic carbocycles. The number of amides is 1. The van der Waals surface area contributed by atoms with Gasteiger partial charge in [0.2, 0.25) is 5.91 Å². The van der Waals surface area contributed by atoms with Gasteiger partial charge in [-0.25, -0.2) is 4.98 Å². The second-order valence-electron chi connectivity index (χ2n) is 5.98. The zero-order valence-electron chi connectivity index (χ0n) is 13.1. The Hall–Kier alpha value is -1.46. The number of carbonyl (C=O) groups excluding carboxylic acids is 1. The maximum atomic E-state index is 12.0. The minimum Gasteiger partial charge on any atom is -0.350 e. The quantitative estimate of drug-likeness (QED) is 0.846. The maximum Gasteiger partial charge on any atom is 0.220 e. The van der Waals surface area contributed by atoms with Crippen molar-refractivity contribution in [3.63, 3.8) is 0 Å². The van der Waals surface area contributed by atoms with E-state index in [-0.39, 0.29) is 5.91 Å². The number of hydrogen-bond acceptors (Lipinski definition) is 3. The number of carbonyl (C=O) groups is 1. The highest BCUT2D eigenvalue weighted by molar-refractivity contribution is 7.18. The number of nitrogens with zero attached hydrogens (tertiary/aromatic N) is 1. The Morgan fingerprint density at radius 2 is 2.32 bits per heavy atom. The summed E-state index contributed by atoms with van der Waals surface area (Å²) in [6.07, 6.45) is 3.80. The predicted molar refractivity (Wildman–Crippen MR) is 90.3 cm³/mol. The average Bonchev–Trinajstić information content (AvgIpc) is 3.16. The lowest BCUT2D eigenvalue weighted by molar-refractivity contribution is -0.909. The first kappa shape index (κ1) is 15.4. The van der Waals surface area contributed by atoms with Gasteiger partial charge >= 0.3 is 0 Å². The predicted octanol–water partition coefficient (Wildman–Crippen LogP) is 1.41. The van der Waals surface area contributed by atoms with E-state index in [2.05, 4.69) is 23.3 Å². The van der Waals surface area contributed by atoms with Crippen molar-refractivity contribution in [3.8, 4) is 0 Å². The number of likely N-dealkylation sites (tertiary alicyclic amines) is 1. The third kappa shape index (κ3) is 3.65. The van der Waals surface area contributed by atoms with Gasteiger partial charge in [0.25, 0.3) is 0 Å². The monoisotopic (exact) mass is 318 g/mol. The molecule has 2 atom stereocenters. The number of thiazole rings is 1. The molecule has 1 aliphatic heterocycles. The summed E-state index contributed by atoms with van der Waals surface area (Å²) in [5.41, 5.74) is 1.04. The summed E-state index contributed by atoms with van der Waals surface area (Å²) < 4.78 is 1.20. The van der Waals surface area contributed by atoms with E-state index in [0.29, 0.717) is 12.5 Å². The SMILES string of the molecule is CC[NH+]1CCC[C@H]1CNC(=O)CCc1nc2ccccc2s1. The van der Waals surface area contributed by atoms with Crippen LogP contribution in [0, 0.1) is 0 Å². The first-order valence-electron chi connectivity index (χ1n) is 8.22. The lowest BCUT2D eigenvalue weighted by Gasteiger charge is -2.20. The van der Waals surface area contributed by atoms with Crippen LogP contribution in [0.2, 0.25) is 0 Å². The number of aryl methyl sites for hydroxylation is 1. The highest BCUT2D eigenvalue weighted by Gasteiger charge is 2.26. The Labute approximate surface area is 135 Å². The molecule has 0 spiro atoms. The van der Waals surface area contributed by atoms with Gasteiger partial charge in [-0.05, 0) is 19.1 Å². The maximum absolute atomic E-state index is 12.0. The van der Waals surface area contributed by atoms with Crippen LogP contribution in [0.5, 0.6) is 0 Å². The molecule has 1 saturated heterocycles. The third-order valence-electron chi connectivity index (χ3n) is 4.53. The molecule has 3 rings (SSSR count). The van der Waals surface area contributed by atoms with E-state index in [1.54, 1.807) is 16.2 Å². The van der Waals surface area contributed by atoms with E-state index in [4.69, 9.17) is 0 Å². The lowest BCUT2D eigenvalue weighted by atomic mass is 10.2. The topological polar surface area (TPSA) is 46.4 Å². The van der Waals surface area contributed by atoms with Crippen LogP contribution < -0.4 is 10.2 Å². The molecule has 0 radical (unpaired) electrons. The molecule has 0 bridgehead atoms. The molecule has 1 fully saturated rings. The molecule has 22 heavy (non-hydrogen) atoms. The molecular weight excluding hydrogens is 294 g/mol. The lowest BCUT2D eigenvalue weighted by Crippen LogP contribution is -3.14. The molecule has 2 heterocycles. The Balaban J connectivity index is 1.46. The van der Waals surface area contributed by atoms with E-state index < -0.39 is 0 Å². The van der Waals surface area contributed by atoms with E-state index >= 15 is 0 Å². The van der Waals surface area contributed by atoms with Crippen LogP contribution >= 0.6 is 11.3 Å². The first-order valence-corrected chi connectivity index (χ1v) is 9.03. The number of hydrogen-bond donors (Lipinski definition) is 2. The van der Waals surface area contributed by atoms with Crippen molar-refractivity contribution in [1.29, 1.82) is 0 Å². The zero-order valence-corrected chi connectivity index (χ0v) is 13.9. The standard InChI is InChI=1S/C17H23N3OS/c1-2-20-11-5-6-13(20)12-18-16(21)9-10-17-19-14-7-3-4-8-15(14)22-17/h3-4,7-8,13H,2,5-6,9-12H2,1H3,(H,18,21)/p+1/t13-/m0/s1. The normalized spacial score (nSPS) is 21.3. The van der Waals surface area contributed by atoms with Crippen LogP contribution in [0.3, 0.4) is 0 Å². The number of quaternary nitrogens is 1. The first-order chi connectivity index (χ1) is 10.8. The molecule has 0 saturated carbocycles. The number of fused-ring (bicyclic) bond motifs is 1. The highest BCUT2D eigenvalue weighted by Crippen LogP contribution is 2.22. The van der Waals surface area contributed by atoms with Crippen molar-refractivity contribution in [2.45, 2.75) is 38.6 Å². The Morgan fingerprint density at radius 1 is 1.45 bits per heavy atom. The van der Waals surface area contributed by atoms with Gasteiger partial charge in [0.1, 0.15) is 6.04 Å². The minimum atomic E-state index is 0.154. The van der Waals surface area contributed by atoms with Crippen molar-refractivity contribution in [1.82, 2.24) is 10.3 Å². The van der Waals surface area contributed by atoms with Crippen LogP contribution in [0.4, 0.5) is 0 Å². The van der Waals surface area contributed by atoms with Crippen LogP contribution in [0.25, 0.3) is 10.2 Å². The van der Waals surface area contributed by atoms with Crippen molar-refractivity contribution < 1.29 is 9.69 Å². The Kier molecular flexibility index (Phi) is 5.05. The summed E-state index contributed by atoms with van der Waals surface area (Å²) in [7, 11) is 0. The van der Waals surface area contributed by atoms with Gasteiger partial charge in [-0.1, -0.05) is 12.1 Å². The molecule has 118 valence electrons. The second-order valence-corrected chi connectivity index (χ2v) is 7.10. The van der Waals surface area contributed by atoms with Gasteiger partial charge in [0.15, 0.2) is 0 Å². The third-order valence-corrected chi connectivity index (χ3v) is 5.63. The minimum absolute atomic E-state index is 0.154. The van der Waals surface area contributed by atoms with Crippen molar-refractivity contribution in [3.05, 3.63) is 29.3 Å². The van der Waals surface area contributed by atoms with Crippen LogP contribution in [0.15, 0.2) is 24.3 Å². The fraction of sp³-hybridized carbons (Fsp3) is 0.529. The zero-order chi connectivity index (χ0) is 15.4. The van der Waals surface area contributed by atoms with Gasteiger partial charge in [0, 0.05) is 25.7 Å². The molecule has 1 aromatic carbocycles. The number of benzene rings is 1. The molecular formula is C17H24N3OS+. The van der Waals surface area contributed by atoms with Gasteiger partial charge < -0.3 is 10.2 Å². The number of rotatable bonds is 6. The summed E-state index contributed by atoms with van der Waals surface area (Å²) in [6.45, 7) is 5.46. The molecule has 4 nitrogen and oxygen atoms in total. The number of likely N-dealkylation sites (N-methyl/N-ethyl adjacent to an activating group) is 1. The van der Waals surface area contributed by atoms with Gasteiger partial charge in [-0.15, -0.1) is 11.3 Å². The fourth-order valence-corrected chi connectivity index (χ4v) is 4.24. The molecule has 1 unspecified atom stereocenters. The van der Waals surface area contributed by atoms with Crippen molar-refractivity contribution in [2.75, 3.05) is 19.6 Å². The van der Waals surface area contributed by atoms with E-state index in [0.717, 1.165) is 30.0 Å². The summed E-state index contributed by atoms with van der Waals surface area (Å²) in [5.74, 6) is 0.154. The molecule has 5 heteroatoms. The van der Waals surface area contributed by atoms with E-state index in [1.165, 1.54) is 24.1 Å². The van der Waals surface area contributed by atoms with Crippen LogP contribution in [-0.2, 0) is 11.2 Å². The van der Waals surface area contributed by atoms with Crippen LogP contribution in [-0.4, -0.2) is 36.6 Å². The summed E-state index contributed by atoms with van der Waals surface area (Å²) in [4.78, 5) is 18.3. The van der Waals surface area contributed by atoms with Gasteiger partial charge in [-0.3, -0.25) is 4.79 Å². The van der Waals surface area contributed by atoms with Gasteiger partial charge in [-0.2, -0.15) is 0 Å². The molecule has 1 aliphatic rings. The van der Waals surface area contributed by atoms with Crippen LogP contribution in [0.1, 0.15) is 31.2 Å². The van der Waals surface area contributed by atoms with Crippen molar-refractivity contribution in [2.24, 2.45) is 0 Å². The molecule has 2 aromatic rings. The van der Waals surface area contributed by atoms with E-state index in [9.17, 15) is 4.79 Å². The summed E-state index contributed by atoms with van der Waals surface area (Å²) in [5, 5.41) is 4.16. The largest absolute Gasteiger partial charge is 0.350 e. The molecule has 1 amide bonds. The summed E-state index contributed by atoms with van der Waals surface area (Å²) >= 11 is 1.69.